The Bertz CT molecular complexity index is 78.9. The molecule has 0 atom stereocenters. The fourth-order valence-corrected chi connectivity index (χ4v) is 1.51. The van der Waals surface area contributed by atoms with E-state index in [1.54, 1.807) is 0 Å². The summed E-state index contributed by atoms with van der Waals surface area (Å²) in [6, 6.07) is 0.713. The Labute approximate surface area is 62.3 Å². The topological polar surface area (TPSA) is 50.1 Å². The quantitative estimate of drug-likeness (QED) is 0.303. The molecule has 10 heavy (non-hydrogen) atoms. The summed E-state index contributed by atoms with van der Waals surface area (Å²) in [6.45, 7) is 0.741. The van der Waals surface area contributed by atoms with Gasteiger partial charge in [-0.2, -0.15) is 0 Å². The van der Waals surface area contributed by atoms with E-state index in [2.05, 4.69) is 10.7 Å². The van der Waals surface area contributed by atoms with Crippen molar-refractivity contribution in [2.75, 3.05) is 6.67 Å². The van der Waals surface area contributed by atoms with E-state index in [9.17, 15) is 0 Å². The highest BCUT2D eigenvalue weighted by atomic mass is 15.3. The summed E-state index contributed by atoms with van der Waals surface area (Å²) in [5.74, 6) is 5.13. The average Bonchev–Trinajstić information content (AvgIpc) is 2.03. The maximum Gasteiger partial charge on any atom is 0.0589 e. The van der Waals surface area contributed by atoms with Gasteiger partial charge in [0.1, 0.15) is 0 Å². The van der Waals surface area contributed by atoms with E-state index in [-0.39, 0.29) is 0 Å². The van der Waals surface area contributed by atoms with Gasteiger partial charge in [0.2, 0.25) is 0 Å². The molecule has 1 aliphatic carbocycles. The van der Waals surface area contributed by atoms with Gasteiger partial charge in [-0.25, -0.2) is 5.43 Å². The summed E-state index contributed by atoms with van der Waals surface area (Å²) in [5.41, 5.74) is 2.60. The van der Waals surface area contributed by atoms with E-state index >= 15 is 0 Å². The van der Waals surface area contributed by atoms with Crippen LogP contribution in [0.2, 0.25) is 0 Å². The van der Waals surface area contributed by atoms with E-state index < -0.39 is 0 Å². The first-order valence-corrected chi connectivity index (χ1v) is 4.10. The molecular formula is C7H17N3. The lowest BCUT2D eigenvalue weighted by Crippen LogP contribution is -2.40. The minimum Gasteiger partial charge on any atom is -0.301 e. The molecule has 0 bridgehead atoms. The standard InChI is InChI=1S/C7H17N3/c8-10-6-9-7-4-2-1-3-5-7/h7,9-10H,1-6,8H2. The van der Waals surface area contributed by atoms with Crippen LogP contribution in [0.4, 0.5) is 0 Å². The SMILES string of the molecule is NNCNC1CCCCC1. The van der Waals surface area contributed by atoms with Gasteiger partial charge in [0.25, 0.3) is 0 Å². The molecule has 3 nitrogen and oxygen atoms in total. The summed E-state index contributed by atoms with van der Waals surface area (Å²) in [6.07, 6.45) is 6.81. The minimum absolute atomic E-state index is 0.713. The molecule has 1 fully saturated rings. The zero-order valence-electron chi connectivity index (χ0n) is 6.40. The average molecular weight is 143 g/mol. The number of nitrogens with one attached hydrogen (secondary N) is 2. The predicted molar refractivity (Wildman–Crippen MR) is 42.2 cm³/mol. The van der Waals surface area contributed by atoms with Gasteiger partial charge in [-0.15, -0.1) is 0 Å². The Balaban J connectivity index is 2.02. The van der Waals surface area contributed by atoms with Crippen LogP contribution in [0.3, 0.4) is 0 Å². The molecule has 0 saturated heterocycles. The predicted octanol–water partition coefficient (Wildman–Crippen LogP) is 0.329. The molecule has 0 aromatic rings. The van der Waals surface area contributed by atoms with Crippen molar-refractivity contribution >= 4 is 0 Å². The van der Waals surface area contributed by atoms with Crippen molar-refractivity contribution in [1.29, 1.82) is 0 Å². The van der Waals surface area contributed by atoms with Crippen LogP contribution in [0.1, 0.15) is 32.1 Å². The Kier molecular flexibility index (Phi) is 3.72. The molecule has 0 aromatic heterocycles. The molecule has 0 unspecified atom stereocenters. The van der Waals surface area contributed by atoms with Crippen molar-refractivity contribution in [3.63, 3.8) is 0 Å². The molecule has 4 N–H and O–H groups in total. The Morgan fingerprint density at radius 3 is 2.50 bits per heavy atom. The number of hydrogen-bond donors (Lipinski definition) is 3. The van der Waals surface area contributed by atoms with Crippen LogP contribution >= 0.6 is 0 Å². The van der Waals surface area contributed by atoms with E-state index in [0.717, 1.165) is 6.67 Å². The van der Waals surface area contributed by atoms with Gasteiger partial charge in [-0.1, -0.05) is 19.3 Å². The highest BCUT2D eigenvalue weighted by Crippen LogP contribution is 2.16. The smallest absolute Gasteiger partial charge is 0.0589 e. The molecule has 3 heteroatoms. The van der Waals surface area contributed by atoms with Crippen molar-refractivity contribution in [1.82, 2.24) is 10.7 Å². The van der Waals surface area contributed by atoms with Crippen molar-refractivity contribution < 1.29 is 0 Å². The van der Waals surface area contributed by atoms with Crippen LogP contribution in [0, 0.1) is 0 Å². The summed E-state index contributed by atoms with van der Waals surface area (Å²) in [7, 11) is 0. The molecule has 0 amide bonds. The molecule has 0 heterocycles. The van der Waals surface area contributed by atoms with E-state index in [4.69, 9.17) is 5.84 Å². The van der Waals surface area contributed by atoms with Gasteiger partial charge in [0.05, 0.1) is 6.67 Å². The van der Waals surface area contributed by atoms with Gasteiger partial charge in [-0.05, 0) is 12.8 Å². The number of hydrazine groups is 1. The molecular weight excluding hydrogens is 126 g/mol. The molecule has 0 aliphatic heterocycles. The molecule has 0 radical (unpaired) electrons. The van der Waals surface area contributed by atoms with Crippen LogP contribution in [-0.4, -0.2) is 12.7 Å². The Hall–Kier alpha value is -0.120. The second-order valence-electron chi connectivity index (χ2n) is 2.92. The monoisotopic (exact) mass is 143 g/mol. The fourth-order valence-electron chi connectivity index (χ4n) is 1.51. The summed E-state index contributed by atoms with van der Waals surface area (Å²) < 4.78 is 0. The first-order chi connectivity index (χ1) is 4.93. The van der Waals surface area contributed by atoms with Crippen LogP contribution in [0.15, 0.2) is 0 Å². The second kappa shape index (κ2) is 4.66. The first kappa shape index (κ1) is 7.98. The van der Waals surface area contributed by atoms with Gasteiger partial charge in [0, 0.05) is 6.04 Å². The molecule has 1 rings (SSSR count). The molecule has 60 valence electrons. The van der Waals surface area contributed by atoms with Crippen molar-refractivity contribution in [3.8, 4) is 0 Å². The van der Waals surface area contributed by atoms with E-state index in [1.807, 2.05) is 0 Å². The zero-order chi connectivity index (χ0) is 7.23. The third-order valence-electron chi connectivity index (χ3n) is 2.10. The van der Waals surface area contributed by atoms with Crippen LogP contribution in [0.25, 0.3) is 0 Å². The van der Waals surface area contributed by atoms with Gasteiger partial charge in [0.15, 0.2) is 0 Å². The lowest BCUT2D eigenvalue weighted by molar-refractivity contribution is 0.364. The normalized spacial score (nSPS) is 21.3. The minimum atomic E-state index is 0.713. The third kappa shape index (κ3) is 2.64. The summed E-state index contributed by atoms with van der Waals surface area (Å²) >= 11 is 0. The maximum atomic E-state index is 5.13. The highest BCUT2D eigenvalue weighted by molar-refractivity contribution is 4.70. The Morgan fingerprint density at radius 1 is 1.20 bits per heavy atom. The van der Waals surface area contributed by atoms with Gasteiger partial charge < -0.3 is 5.32 Å². The van der Waals surface area contributed by atoms with Crippen LogP contribution in [-0.2, 0) is 0 Å². The molecule has 0 aromatic carbocycles. The molecule has 1 saturated carbocycles. The molecule has 0 spiro atoms. The van der Waals surface area contributed by atoms with Crippen molar-refractivity contribution in [2.24, 2.45) is 5.84 Å². The third-order valence-corrected chi connectivity index (χ3v) is 2.10. The van der Waals surface area contributed by atoms with E-state index in [0.29, 0.717) is 6.04 Å². The van der Waals surface area contributed by atoms with Crippen molar-refractivity contribution in [2.45, 2.75) is 38.1 Å². The largest absolute Gasteiger partial charge is 0.301 e. The van der Waals surface area contributed by atoms with Gasteiger partial charge in [-0.3, -0.25) is 5.84 Å². The summed E-state index contributed by atoms with van der Waals surface area (Å²) in [4.78, 5) is 0. The highest BCUT2D eigenvalue weighted by Gasteiger charge is 2.10. The second-order valence-corrected chi connectivity index (χ2v) is 2.92. The molecule has 1 aliphatic rings. The fraction of sp³-hybridized carbons (Fsp3) is 1.00. The van der Waals surface area contributed by atoms with Crippen LogP contribution < -0.4 is 16.6 Å². The number of rotatable bonds is 3. The van der Waals surface area contributed by atoms with Gasteiger partial charge >= 0.3 is 0 Å². The first-order valence-electron chi connectivity index (χ1n) is 4.10. The van der Waals surface area contributed by atoms with Crippen molar-refractivity contribution in [3.05, 3.63) is 0 Å². The lowest BCUT2D eigenvalue weighted by Gasteiger charge is -2.22. The number of nitrogens with two attached hydrogens (primary N) is 1. The lowest BCUT2D eigenvalue weighted by atomic mass is 9.96. The zero-order valence-corrected chi connectivity index (χ0v) is 6.40. The van der Waals surface area contributed by atoms with E-state index in [1.165, 1.54) is 32.1 Å². The Morgan fingerprint density at radius 2 is 1.90 bits per heavy atom. The van der Waals surface area contributed by atoms with Crippen LogP contribution in [0.5, 0.6) is 0 Å². The number of hydrogen-bond acceptors (Lipinski definition) is 3. The maximum absolute atomic E-state index is 5.13. The summed E-state index contributed by atoms with van der Waals surface area (Å²) in [5, 5.41) is 3.34.